The van der Waals surface area contributed by atoms with E-state index in [-0.39, 0.29) is 0 Å². The van der Waals surface area contributed by atoms with Gasteiger partial charge in [-0.15, -0.1) is 0 Å². The summed E-state index contributed by atoms with van der Waals surface area (Å²) in [6.45, 7) is 6.84. The molecule has 3 heteroatoms. The summed E-state index contributed by atoms with van der Waals surface area (Å²) in [6.07, 6.45) is 1.90. The summed E-state index contributed by atoms with van der Waals surface area (Å²) in [5.74, 6) is 0. The molecule has 0 aliphatic carbocycles. The molecule has 0 amide bonds. The lowest BCUT2D eigenvalue weighted by Gasteiger charge is -2.33. The van der Waals surface area contributed by atoms with Crippen molar-refractivity contribution in [1.29, 1.82) is 0 Å². The molecule has 1 atom stereocenters. The van der Waals surface area contributed by atoms with Crippen LogP contribution >= 0.6 is 0 Å². The summed E-state index contributed by atoms with van der Waals surface area (Å²) < 4.78 is 5.27. The molecule has 0 aromatic heterocycles. The van der Waals surface area contributed by atoms with Crippen molar-refractivity contribution in [3.05, 3.63) is 29.3 Å². The molecule has 0 spiro atoms. The number of nitrogens with zero attached hydrogens (tertiary/aromatic N) is 1. The van der Waals surface area contributed by atoms with Crippen molar-refractivity contribution in [2.45, 2.75) is 32.8 Å². The Kier molecular flexibility index (Phi) is 4.61. The summed E-state index contributed by atoms with van der Waals surface area (Å²) in [7, 11) is 0. The van der Waals surface area contributed by atoms with E-state index in [2.05, 4.69) is 30.0 Å². The van der Waals surface area contributed by atoms with Crippen molar-refractivity contribution in [3.8, 4) is 0 Å². The highest BCUT2D eigenvalue weighted by molar-refractivity contribution is 5.57. The minimum Gasteiger partial charge on any atom is -0.389 e. The molecule has 18 heavy (non-hydrogen) atoms. The van der Waals surface area contributed by atoms with Gasteiger partial charge in [0.15, 0.2) is 0 Å². The van der Waals surface area contributed by atoms with Crippen molar-refractivity contribution in [2.75, 3.05) is 31.2 Å². The smallest absolute Gasteiger partial charge is 0.0947 e. The van der Waals surface area contributed by atoms with Crippen LogP contribution in [0.15, 0.2) is 18.2 Å². The maximum atomic E-state index is 9.96. The van der Waals surface area contributed by atoms with Gasteiger partial charge in [0.25, 0.3) is 0 Å². The van der Waals surface area contributed by atoms with E-state index < -0.39 is 6.10 Å². The number of fused-ring (bicyclic) bond motifs is 1. The fraction of sp³-hybridized carbons (Fsp3) is 0.600. The predicted octanol–water partition coefficient (Wildman–Crippen LogP) is 2.15. The van der Waals surface area contributed by atoms with Crippen LogP contribution in [0.2, 0.25) is 0 Å². The number of aryl methyl sites for hydroxylation is 2. The van der Waals surface area contributed by atoms with Crippen molar-refractivity contribution >= 4 is 5.69 Å². The molecular weight excluding hydrogens is 226 g/mol. The molecule has 100 valence electrons. The summed E-state index contributed by atoms with van der Waals surface area (Å²) in [6, 6.07) is 6.60. The topological polar surface area (TPSA) is 32.7 Å². The van der Waals surface area contributed by atoms with Crippen molar-refractivity contribution in [1.82, 2.24) is 0 Å². The number of rotatable bonds is 5. The monoisotopic (exact) mass is 249 g/mol. The number of hydrogen-bond acceptors (Lipinski definition) is 3. The molecule has 2 rings (SSSR count). The molecule has 1 aromatic carbocycles. The van der Waals surface area contributed by atoms with Gasteiger partial charge in [-0.05, 0) is 43.9 Å². The average Bonchev–Trinajstić information content (AvgIpc) is 2.37. The van der Waals surface area contributed by atoms with Crippen LogP contribution in [-0.2, 0) is 11.2 Å². The maximum absolute atomic E-state index is 9.96. The molecule has 1 heterocycles. The normalized spacial score (nSPS) is 16.5. The first-order valence-corrected chi connectivity index (χ1v) is 6.81. The first kappa shape index (κ1) is 13.4. The van der Waals surface area contributed by atoms with Crippen LogP contribution < -0.4 is 4.90 Å². The van der Waals surface area contributed by atoms with Crippen LogP contribution in [0, 0.1) is 6.92 Å². The van der Waals surface area contributed by atoms with Gasteiger partial charge in [-0.1, -0.05) is 12.1 Å². The maximum Gasteiger partial charge on any atom is 0.0947 e. The van der Waals surface area contributed by atoms with Gasteiger partial charge < -0.3 is 14.7 Å². The SMILES string of the molecule is CCOC[C@@H](O)CN1CCCc2ccc(C)cc21. The number of benzene rings is 1. The number of hydrogen-bond donors (Lipinski definition) is 1. The minimum absolute atomic E-state index is 0.406. The fourth-order valence-corrected chi connectivity index (χ4v) is 2.51. The highest BCUT2D eigenvalue weighted by Crippen LogP contribution is 2.28. The first-order chi connectivity index (χ1) is 8.70. The minimum atomic E-state index is -0.406. The molecule has 1 N–H and O–H groups in total. The van der Waals surface area contributed by atoms with Crippen LogP contribution in [0.3, 0.4) is 0 Å². The van der Waals surface area contributed by atoms with Crippen LogP contribution in [0.5, 0.6) is 0 Å². The second-order valence-electron chi connectivity index (χ2n) is 5.00. The first-order valence-electron chi connectivity index (χ1n) is 6.81. The van der Waals surface area contributed by atoms with Crippen molar-refractivity contribution < 1.29 is 9.84 Å². The zero-order chi connectivity index (χ0) is 13.0. The third kappa shape index (κ3) is 3.24. The van der Waals surface area contributed by atoms with Gasteiger partial charge in [0.05, 0.1) is 12.7 Å². The van der Waals surface area contributed by atoms with Crippen LogP contribution in [-0.4, -0.2) is 37.5 Å². The van der Waals surface area contributed by atoms with E-state index in [1.165, 1.54) is 16.8 Å². The highest BCUT2D eigenvalue weighted by Gasteiger charge is 2.19. The number of anilines is 1. The predicted molar refractivity (Wildman–Crippen MR) is 74.2 cm³/mol. The average molecular weight is 249 g/mol. The Morgan fingerprint density at radius 2 is 2.28 bits per heavy atom. The summed E-state index contributed by atoms with van der Waals surface area (Å²) in [5, 5.41) is 9.96. The Labute approximate surface area is 109 Å². The number of β-amino-alcohol motifs (C(OH)–C–C–N with tert-alkyl or cyclic N) is 1. The number of ether oxygens (including phenoxy) is 1. The van der Waals surface area contributed by atoms with Gasteiger partial charge in [0.1, 0.15) is 0 Å². The molecular formula is C15H23NO2. The van der Waals surface area contributed by atoms with Crippen LogP contribution in [0.1, 0.15) is 24.5 Å². The van der Waals surface area contributed by atoms with E-state index in [0.29, 0.717) is 19.8 Å². The Morgan fingerprint density at radius 1 is 1.44 bits per heavy atom. The van der Waals surface area contributed by atoms with Crippen LogP contribution in [0.4, 0.5) is 5.69 Å². The lowest BCUT2D eigenvalue weighted by molar-refractivity contribution is 0.0462. The Bertz CT molecular complexity index is 392. The van der Waals surface area contributed by atoms with E-state index in [0.717, 1.165) is 19.4 Å². The van der Waals surface area contributed by atoms with E-state index in [4.69, 9.17) is 4.74 Å². The van der Waals surface area contributed by atoms with Gasteiger partial charge in [0.2, 0.25) is 0 Å². The molecule has 1 aliphatic rings. The van der Waals surface area contributed by atoms with Gasteiger partial charge >= 0.3 is 0 Å². The summed E-state index contributed by atoms with van der Waals surface area (Å²) in [4.78, 5) is 2.29. The second-order valence-corrected chi connectivity index (χ2v) is 5.00. The fourth-order valence-electron chi connectivity index (χ4n) is 2.51. The van der Waals surface area contributed by atoms with Gasteiger partial charge in [0, 0.05) is 25.4 Å². The molecule has 0 saturated carbocycles. The molecule has 0 radical (unpaired) electrons. The third-order valence-electron chi connectivity index (χ3n) is 3.40. The molecule has 3 nitrogen and oxygen atoms in total. The molecule has 1 aliphatic heterocycles. The number of aliphatic hydroxyl groups excluding tert-OH is 1. The molecule has 0 saturated heterocycles. The third-order valence-corrected chi connectivity index (χ3v) is 3.40. The Morgan fingerprint density at radius 3 is 3.06 bits per heavy atom. The Balaban J connectivity index is 2.05. The number of aliphatic hydroxyl groups is 1. The van der Waals surface area contributed by atoms with Gasteiger partial charge in [-0.3, -0.25) is 0 Å². The van der Waals surface area contributed by atoms with Gasteiger partial charge in [-0.25, -0.2) is 0 Å². The molecule has 0 unspecified atom stereocenters. The van der Waals surface area contributed by atoms with Gasteiger partial charge in [-0.2, -0.15) is 0 Å². The van der Waals surface area contributed by atoms with E-state index >= 15 is 0 Å². The van der Waals surface area contributed by atoms with Crippen molar-refractivity contribution in [2.24, 2.45) is 0 Å². The second kappa shape index (κ2) is 6.21. The summed E-state index contributed by atoms with van der Waals surface area (Å²) >= 11 is 0. The van der Waals surface area contributed by atoms with E-state index in [1.54, 1.807) is 0 Å². The zero-order valence-electron chi connectivity index (χ0n) is 11.4. The summed E-state index contributed by atoms with van der Waals surface area (Å²) in [5.41, 5.74) is 3.97. The standard InChI is InChI=1S/C15H23NO2/c1-3-18-11-14(17)10-16-8-4-5-13-7-6-12(2)9-15(13)16/h6-7,9,14,17H,3-5,8,10-11H2,1-2H3/t14-/m0/s1. The van der Waals surface area contributed by atoms with E-state index in [9.17, 15) is 5.11 Å². The highest BCUT2D eigenvalue weighted by atomic mass is 16.5. The molecule has 0 fully saturated rings. The Hall–Kier alpha value is -1.06. The lowest BCUT2D eigenvalue weighted by atomic mass is 9.99. The molecule has 0 bridgehead atoms. The molecule has 1 aromatic rings. The van der Waals surface area contributed by atoms with E-state index in [1.807, 2.05) is 6.92 Å². The zero-order valence-corrected chi connectivity index (χ0v) is 11.4. The quantitative estimate of drug-likeness (QED) is 0.868. The van der Waals surface area contributed by atoms with Crippen LogP contribution in [0.25, 0.3) is 0 Å². The lowest BCUT2D eigenvalue weighted by Crippen LogP contribution is -2.38. The van der Waals surface area contributed by atoms with Crippen molar-refractivity contribution in [3.63, 3.8) is 0 Å². The largest absolute Gasteiger partial charge is 0.389 e.